The standard InChI is InChI=1S/C21H17NO5S/c1-2-10-22-19(23)18(28-21(22)26)12-15-7-3-4-9-17(15)27-13-14-6-5-8-16(11-14)20(24)25/h2-9,11-12H,1,10,13H2,(H,24,25)/p-1/b18-12+. The Hall–Kier alpha value is -3.32. The molecule has 3 rings (SSSR count). The van der Waals surface area contributed by atoms with E-state index in [9.17, 15) is 19.5 Å². The van der Waals surface area contributed by atoms with E-state index >= 15 is 0 Å². The number of benzene rings is 2. The number of thioether (sulfide) groups is 1. The summed E-state index contributed by atoms with van der Waals surface area (Å²) in [4.78, 5) is 36.7. The Bertz CT molecular complexity index is 982. The number of carboxylic acid groups (broad SMARTS) is 1. The fourth-order valence-electron chi connectivity index (χ4n) is 2.61. The topological polar surface area (TPSA) is 86.7 Å². The van der Waals surface area contributed by atoms with Gasteiger partial charge in [0.05, 0.1) is 10.9 Å². The van der Waals surface area contributed by atoms with Gasteiger partial charge in [0.1, 0.15) is 12.4 Å². The summed E-state index contributed by atoms with van der Waals surface area (Å²) in [5.41, 5.74) is 1.38. The van der Waals surface area contributed by atoms with Crippen molar-refractivity contribution in [3.8, 4) is 5.75 Å². The molecule has 0 saturated carbocycles. The average molecular weight is 394 g/mol. The third-order valence-corrected chi connectivity index (χ3v) is 4.86. The molecule has 0 aliphatic carbocycles. The lowest BCUT2D eigenvalue weighted by Crippen LogP contribution is -2.27. The largest absolute Gasteiger partial charge is 0.545 e. The third kappa shape index (κ3) is 4.32. The van der Waals surface area contributed by atoms with Gasteiger partial charge in [0.2, 0.25) is 0 Å². The first-order chi connectivity index (χ1) is 13.5. The molecular weight excluding hydrogens is 378 g/mol. The van der Waals surface area contributed by atoms with E-state index in [1.54, 1.807) is 42.5 Å². The van der Waals surface area contributed by atoms with Crippen LogP contribution in [0.4, 0.5) is 4.79 Å². The van der Waals surface area contributed by atoms with Crippen molar-refractivity contribution in [1.82, 2.24) is 4.90 Å². The molecule has 0 unspecified atom stereocenters. The van der Waals surface area contributed by atoms with Crippen LogP contribution in [-0.2, 0) is 11.4 Å². The summed E-state index contributed by atoms with van der Waals surface area (Å²) in [6.45, 7) is 3.86. The van der Waals surface area contributed by atoms with Crippen molar-refractivity contribution in [2.45, 2.75) is 6.61 Å². The fourth-order valence-corrected chi connectivity index (χ4v) is 3.45. The number of hydrogen-bond donors (Lipinski definition) is 0. The summed E-state index contributed by atoms with van der Waals surface area (Å²) in [5, 5.41) is 10.6. The first kappa shape index (κ1) is 19.4. The SMILES string of the molecule is C=CCN1C(=O)S/C(=C/c2ccccc2OCc2cccc(C(=O)[O-])c2)C1=O. The lowest BCUT2D eigenvalue weighted by Gasteiger charge is -2.11. The van der Waals surface area contributed by atoms with Crippen LogP contribution in [0.25, 0.3) is 6.08 Å². The maximum atomic E-state index is 12.4. The third-order valence-electron chi connectivity index (χ3n) is 3.95. The summed E-state index contributed by atoms with van der Waals surface area (Å²) < 4.78 is 5.81. The second kappa shape index (κ2) is 8.58. The maximum absolute atomic E-state index is 12.4. The van der Waals surface area contributed by atoms with Crippen molar-refractivity contribution >= 4 is 35.0 Å². The molecule has 1 saturated heterocycles. The number of imide groups is 1. The predicted molar refractivity (Wildman–Crippen MR) is 104 cm³/mol. The lowest BCUT2D eigenvalue weighted by atomic mass is 10.1. The Labute approximate surface area is 166 Å². The van der Waals surface area contributed by atoms with Crippen LogP contribution in [0.3, 0.4) is 0 Å². The molecule has 0 radical (unpaired) electrons. The van der Waals surface area contributed by atoms with Gasteiger partial charge in [0, 0.05) is 12.1 Å². The van der Waals surface area contributed by atoms with E-state index in [2.05, 4.69) is 6.58 Å². The first-order valence-electron chi connectivity index (χ1n) is 8.38. The number of aromatic carboxylic acids is 1. The van der Waals surface area contributed by atoms with Crippen molar-refractivity contribution in [2.24, 2.45) is 0 Å². The van der Waals surface area contributed by atoms with Gasteiger partial charge < -0.3 is 14.6 Å². The molecule has 2 amide bonds. The smallest absolute Gasteiger partial charge is 0.293 e. The Morgan fingerprint density at radius 1 is 1.18 bits per heavy atom. The summed E-state index contributed by atoms with van der Waals surface area (Å²) in [6, 6.07) is 13.4. The normalized spacial score (nSPS) is 15.1. The van der Waals surface area contributed by atoms with E-state index in [0.29, 0.717) is 21.8 Å². The first-order valence-corrected chi connectivity index (χ1v) is 9.19. The minimum Gasteiger partial charge on any atom is -0.545 e. The van der Waals surface area contributed by atoms with Crippen LogP contribution in [0.1, 0.15) is 21.5 Å². The van der Waals surface area contributed by atoms with E-state index in [4.69, 9.17) is 4.74 Å². The van der Waals surface area contributed by atoms with Crippen LogP contribution in [-0.4, -0.2) is 28.6 Å². The van der Waals surface area contributed by atoms with Crippen molar-refractivity contribution in [3.05, 3.63) is 82.8 Å². The Kier molecular flexibility index (Phi) is 5.96. The van der Waals surface area contributed by atoms with Crippen LogP contribution in [0.2, 0.25) is 0 Å². The van der Waals surface area contributed by atoms with Gasteiger partial charge in [-0.05, 0) is 41.1 Å². The monoisotopic (exact) mass is 394 g/mol. The number of hydrogen-bond acceptors (Lipinski definition) is 6. The fraction of sp³-hybridized carbons (Fsp3) is 0.0952. The van der Waals surface area contributed by atoms with Crippen molar-refractivity contribution in [1.29, 1.82) is 0 Å². The number of nitrogens with zero attached hydrogens (tertiary/aromatic N) is 1. The number of para-hydroxylation sites is 1. The molecule has 1 aliphatic heterocycles. The van der Waals surface area contributed by atoms with Crippen LogP contribution >= 0.6 is 11.8 Å². The Morgan fingerprint density at radius 2 is 1.96 bits per heavy atom. The van der Waals surface area contributed by atoms with Gasteiger partial charge >= 0.3 is 0 Å². The summed E-state index contributed by atoms with van der Waals surface area (Å²) >= 11 is 0.868. The van der Waals surface area contributed by atoms with Crippen LogP contribution in [0.15, 0.2) is 66.1 Å². The number of rotatable bonds is 7. The minimum atomic E-state index is -1.25. The molecule has 0 atom stereocenters. The van der Waals surface area contributed by atoms with E-state index < -0.39 is 5.97 Å². The van der Waals surface area contributed by atoms with Gasteiger partial charge in [-0.25, -0.2) is 0 Å². The minimum absolute atomic E-state index is 0.0743. The molecule has 2 aromatic rings. The highest BCUT2D eigenvalue weighted by Gasteiger charge is 2.34. The molecule has 0 N–H and O–H groups in total. The molecule has 1 aliphatic rings. The summed E-state index contributed by atoms with van der Waals surface area (Å²) in [5.74, 6) is -1.11. The van der Waals surface area contributed by atoms with Gasteiger partial charge in [-0.3, -0.25) is 14.5 Å². The van der Waals surface area contributed by atoms with Crippen molar-refractivity contribution in [2.75, 3.05) is 6.54 Å². The predicted octanol–water partition coefficient (Wildman–Crippen LogP) is 2.85. The second-order valence-electron chi connectivity index (χ2n) is 5.90. The second-order valence-corrected chi connectivity index (χ2v) is 6.89. The van der Waals surface area contributed by atoms with Crippen molar-refractivity contribution in [3.63, 3.8) is 0 Å². The molecule has 142 valence electrons. The van der Waals surface area contributed by atoms with E-state index in [1.165, 1.54) is 18.2 Å². The van der Waals surface area contributed by atoms with Gasteiger partial charge in [0.15, 0.2) is 0 Å². The molecule has 0 bridgehead atoms. The number of carboxylic acids is 1. The Balaban J connectivity index is 1.80. The number of carbonyl (C=O) groups excluding carboxylic acids is 3. The Morgan fingerprint density at radius 3 is 2.71 bits per heavy atom. The molecule has 1 fully saturated rings. The van der Waals surface area contributed by atoms with Gasteiger partial charge in [-0.1, -0.05) is 42.5 Å². The van der Waals surface area contributed by atoms with Crippen LogP contribution in [0.5, 0.6) is 5.75 Å². The molecule has 0 spiro atoms. The highest BCUT2D eigenvalue weighted by molar-refractivity contribution is 8.18. The molecule has 6 nitrogen and oxygen atoms in total. The molecule has 28 heavy (non-hydrogen) atoms. The zero-order valence-electron chi connectivity index (χ0n) is 14.8. The van der Waals surface area contributed by atoms with E-state index in [1.807, 2.05) is 0 Å². The van der Waals surface area contributed by atoms with Crippen LogP contribution in [0, 0.1) is 0 Å². The van der Waals surface area contributed by atoms with Crippen molar-refractivity contribution < 1.29 is 24.2 Å². The molecule has 2 aromatic carbocycles. The van der Waals surface area contributed by atoms with Gasteiger partial charge in [-0.15, -0.1) is 6.58 Å². The van der Waals surface area contributed by atoms with Gasteiger partial charge in [0.25, 0.3) is 11.1 Å². The molecular formula is C21H16NO5S-. The van der Waals surface area contributed by atoms with E-state index in [0.717, 1.165) is 16.7 Å². The van der Waals surface area contributed by atoms with E-state index in [-0.39, 0.29) is 29.9 Å². The van der Waals surface area contributed by atoms with Crippen LogP contribution < -0.4 is 9.84 Å². The maximum Gasteiger partial charge on any atom is 0.293 e. The quantitative estimate of drug-likeness (QED) is 0.530. The lowest BCUT2D eigenvalue weighted by molar-refractivity contribution is -0.255. The highest BCUT2D eigenvalue weighted by atomic mass is 32.2. The van der Waals surface area contributed by atoms with Gasteiger partial charge in [-0.2, -0.15) is 0 Å². The summed E-state index contributed by atoms with van der Waals surface area (Å²) in [6.07, 6.45) is 3.11. The molecule has 0 aromatic heterocycles. The summed E-state index contributed by atoms with van der Waals surface area (Å²) in [7, 11) is 0. The average Bonchev–Trinajstić information content (AvgIpc) is 2.95. The molecule has 1 heterocycles. The number of ether oxygens (including phenoxy) is 1. The number of amides is 2. The highest BCUT2D eigenvalue weighted by Crippen LogP contribution is 2.34. The number of carbonyl (C=O) groups is 3. The molecule has 7 heteroatoms. The zero-order valence-corrected chi connectivity index (χ0v) is 15.6. The zero-order chi connectivity index (χ0) is 20.1.